The fourth-order valence-electron chi connectivity index (χ4n) is 2.87. The molecule has 1 N–H and O–H groups in total. The number of aryl methyl sites for hydroxylation is 1. The summed E-state index contributed by atoms with van der Waals surface area (Å²) in [6.07, 6.45) is 3.55. The quantitative estimate of drug-likeness (QED) is 0.812. The van der Waals surface area contributed by atoms with Crippen LogP contribution in [0, 0.1) is 6.92 Å². The summed E-state index contributed by atoms with van der Waals surface area (Å²) in [5.41, 5.74) is 3.84. The Balaban J connectivity index is 1.84. The van der Waals surface area contributed by atoms with Gasteiger partial charge >= 0.3 is 6.09 Å². The number of nitrogens with one attached hydrogen (secondary N) is 1. The highest BCUT2D eigenvalue weighted by Crippen LogP contribution is 2.31. The molecule has 2 aromatic rings. The molecule has 0 fully saturated rings. The summed E-state index contributed by atoms with van der Waals surface area (Å²) in [4.78, 5) is 22.1. The van der Waals surface area contributed by atoms with Crippen LogP contribution in [0.3, 0.4) is 0 Å². The number of benzene rings is 1. The fourth-order valence-corrected chi connectivity index (χ4v) is 2.87. The van der Waals surface area contributed by atoms with Crippen molar-refractivity contribution < 1.29 is 9.53 Å². The van der Waals surface area contributed by atoms with Gasteiger partial charge in [-0.05, 0) is 40.2 Å². The van der Waals surface area contributed by atoms with Gasteiger partial charge in [-0.25, -0.2) is 9.78 Å². The Hall–Kier alpha value is -2.56. The Bertz CT molecular complexity index is 797. The number of rotatable bonds is 2. The van der Waals surface area contributed by atoms with Gasteiger partial charge in [-0.3, -0.25) is 4.90 Å². The van der Waals surface area contributed by atoms with Crippen molar-refractivity contribution in [3.05, 3.63) is 53.5 Å². The van der Waals surface area contributed by atoms with Crippen molar-refractivity contribution in [1.82, 2.24) is 14.9 Å². The maximum atomic E-state index is 12.5. The average molecular weight is 339 g/mol. The minimum atomic E-state index is -0.519. The van der Waals surface area contributed by atoms with Gasteiger partial charge in [-0.15, -0.1) is 0 Å². The molecule has 1 aromatic heterocycles. The number of hydrogen-bond donors (Lipinski definition) is 1. The highest BCUT2D eigenvalue weighted by atomic mass is 16.6. The molecule has 132 valence electrons. The highest BCUT2D eigenvalue weighted by Gasteiger charge is 2.33. The summed E-state index contributed by atoms with van der Waals surface area (Å²) in [5.74, 6) is 0.748. The van der Waals surface area contributed by atoms with Gasteiger partial charge in [0.2, 0.25) is 0 Å². The molecule has 0 saturated heterocycles. The minimum Gasteiger partial charge on any atom is -0.444 e. The lowest BCUT2D eigenvalue weighted by atomic mass is 10.1. The van der Waals surface area contributed by atoms with Gasteiger partial charge < -0.3 is 9.72 Å². The van der Waals surface area contributed by atoms with Crippen LogP contribution in [-0.2, 0) is 4.74 Å². The number of aromatic amines is 1. The molecule has 1 aliphatic rings. The zero-order valence-electron chi connectivity index (χ0n) is 15.5. The van der Waals surface area contributed by atoms with E-state index in [-0.39, 0.29) is 12.1 Å². The molecule has 5 heteroatoms. The van der Waals surface area contributed by atoms with E-state index in [0.717, 1.165) is 22.7 Å². The molecule has 25 heavy (non-hydrogen) atoms. The maximum Gasteiger partial charge on any atom is 0.411 e. The molecule has 0 saturated carbocycles. The molecule has 0 radical (unpaired) electrons. The van der Waals surface area contributed by atoms with E-state index >= 15 is 0 Å². The zero-order chi connectivity index (χ0) is 18.2. The number of nitrogens with zero attached hydrogens (tertiary/aromatic N) is 2. The van der Waals surface area contributed by atoms with Crippen LogP contribution in [0.15, 0.2) is 42.1 Å². The summed E-state index contributed by atoms with van der Waals surface area (Å²) < 4.78 is 5.54. The van der Waals surface area contributed by atoms with Gasteiger partial charge in [-0.1, -0.05) is 41.5 Å². The molecule has 1 amide bonds. The smallest absolute Gasteiger partial charge is 0.411 e. The number of hydrogen-bond acceptors (Lipinski definition) is 3. The second-order valence-electron chi connectivity index (χ2n) is 7.61. The zero-order valence-corrected chi connectivity index (χ0v) is 15.5. The Morgan fingerprint density at radius 2 is 1.92 bits per heavy atom. The first kappa shape index (κ1) is 17.3. The second kappa shape index (κ2) is 6.39. The molecular weight excluding hydrogens is 314 g/mol. The number of amides is 1. The van der Waals surface area contributed by atoms with Crippen molar-refractivity contribution >= 4 is 6.09 Å². The van der Waals surface area contributed by atoms with Gasteiger partial charge in [-0.2, -0.15) is 0 Å². The number of aromatic nitrogens is 2. The van der Waals surface area contributed by atoms with Crippen LogP contribution in [0.5, 0.6) is 0 Å². The molecule has 0 aliphatic carbocycles. The molecule has 2 heterocycles. The van der Waals surface area contributed by atoms with Gasteiger partial charge in [0.1, 0.15) is 17.5 Å². The van der Waals surface area contributed by atoms with E-state index in [2.05, 4.69) is 47.2 Å². The predicted molar refractivity (Wildman–Crippen MR) is 98.2 cm³/mol. The standard InChI is InChI=1S/C20H25N3O2/c1-13-6-8-15(9-7-13)16-11-21-18(22-16)17-10-14(2)12-23(17)19(24)25-20(3,4)5/h6-11,17H,12H2,1-5H3,(H,21,22)/t17-/m0/s1. The van der Waals surface area contributed by atoms with Crippen molar-refractivity contribution in [2.75, 3.05) is 6.54 Å². The van der Waals surface area contributed by atoms with Crippen LogP contribution in [0.4, 0.5) is 4.79 Å². The minimum absolute atomic E-state index is 0.228. The first-order valence-electron chi connectivity index (χ1n) is 8.52. The van der Waals surface area contributed by atoms with Crippen molar-refractivity contribution in [2.45, 2.75) is 46.3 Å². The van der Waals surface area contributed by atoms with Crippen molar-refractivity contribution in [2.24, 2.45) is 0 Å². The monoisotopic (exact) mass is 339 g/mol. The highest BCUT2D eigenvalue weighted by molar-refractivity contribution is 5.70. The third kappa shape index (κ3) is 3.92. The molecular formula is C20H25N3O2. The SMILES string of the molecule is CC1=C[C@@H](c2ncc(-c3ccc(C)cc3)[nH]2)N(C(=O)OC(C)(C)C)C1. The van der Waals surface area contributed by atoms with Crippen molar-refractivity contribution in [1.29, 1.82) is 0 Å². The third-order valence-corrected chi connectivity index (χ3v) is 4.06. The first-order valence-corrected chi connectivity index (χ1v) is 8.52. The van der Waals surface area contributed by atoms with E-state index in [1.807, 2.05) is 33.9 Å². The molecule has 0 unspecified atom stereocenters. The molecule has 5 nitrogen and oxygen atoms in total. The van der Waals surface area contributed by atoms with Gasteiger partial charge in [0.05, 0.1) is 11.9 Å². The Kier molecular flexibility index (Phi) is 4.41. The lowest BCUT2D eigenvalue weighted by molar-refractivity contribution is 0.0233. The van der Waals surface area contributed by atoms with E-state index in [1.54, 1.807) is 4.90 Å². The summed E-state index contributed by atoms with van der Waals surface area (Å²) in [6.45, 7) is 10.3. The Morgan fingerprint density at radius 3 is 2.56 bits per heavy atom. The summed E-state index contributed by atoms with van der Waals surface area (Å²) >= 11 is 0. The fraction of sp³-hybridized carbons (Fsp3) is 0.400. The number of carbonyl (C=O) groups excluding carboxylic acids is 1. The summed E-state index contributed by atoms with van der Waals surface area (Å²) in [5, 5.41) is 0. The molecule has 3 rings (SSSR count). The lowest BCUT2D eigenvalue weighted by Gasteiger charge is -2.27. The van der Waals surface area contributed by atoms with Crippen LogP contribution in [0.25, 0.3) is 11.3 Å². The van der Waals surface area contributed by atoms with E-state index in [1.165, 1.54) is 5.56 Å². The van der Waals surface area contributed by atoms with Crippen LogP contribution in [0.2, 0.25) is 0 Å². The Morgan fingerprint density at radius 1 is 1.24 bits per heavy atom. The normalized spacial score (nSPS) is 17.6. The molecule has 0 spiro atoms. The van der Waals surface area contributed by atoms with Crippen molar-refractivity contribution in [3.63, 3.8) is 0 Å². The summed E-state index contributed by atoms with van der Waals surface area (Å²) in [7, 11) is 0. The van der Waals surface area contributed by atoms with E-state index in [9.17, 15) is 4.79 Å². The van der Waals surface area contributed by atoms with E-state index in [0.29, 0.717) is 6.54 Å². The van der Waals surface area contributed by atoms with Crippen LogP contribution in [0.1, 0.15) is 45.1 Å². The molecule has 1 atom stereocenters. The van der Waals surface area contributed by atoms with Crippen molar-refractivity contribution in [3.8, 4) is 11.3 Å². The van der Waals surface area contributed by atoms with Gasteiger partial charge in [0.25, 0.3) is 0 Å². The molecule has 1 aromatic carbocycles. The summed E-state index contributed by atoms with van der Waals surface area (Å²) in [6, 6.07) is 8.04. The number of ether oxygens (including phenoxy) is 1. The van der Waals surface area contributed by atoms with Crippen LogP contribution in [-0.4, -0.2) is 33.1 Å². The van der Waals surface area contributed by atoms with Crippen LogP contribution < -0.4 is 0 Å². The van der Waals surface area contributed by atoms with E-state index in [4.69, 9.17) is 4.74 Å². The largest absolute Gasteiger partial charge is 0.444 e. The van der Waals surface area contributed by atoms with Gasteiger partial charge in [0.15, 0.2) is 0 Å². The van der Waals surface area contributed by atoms with E-state index < -0.39 is 5.60 Å². The lowest BCUT2D eigenvalue weighted by Crippen LogP contribution is -2.37. The first-order chi connectivity index (χ1) is 11.7. The number of H-pyrrole nitrogens is 1. The maximum absolute atomic E-state index is 12.5. The topological polar surface area (TPSA) is 58.2 Å². The number of imidazole rings is 1. The van der Waals surface area contributed by atoms with Gasteiger partial charge in [0, 0.05) is 6.54 Å². The third-order valence-electron chi connectivity index (χ3n) is 4.06. The molecule has 0 bridgehead atoms. The second-order valence-corrected chi connectivity index (χ2v) is 7.61. The predicted octanol–water partition coefficient (Wildman–Crippen LogP) is 4.62. The van der Waals surface area contributed by atoms with Crippen LogP contribution >= 0.6 is 0 Å². The number of carbonyl (C=O) groups is 1. The Labute approximate surface area is 148 Å². The average Bonchev–Trinajstić information content (AvgIpc) is 3.12. The molecule has 1 aliphatic heterocycles.